The summed E-state index contributed by atoms with van der Waals surface area (Å²) in [5, 5.41) is 9.35. The second-order valence-electron chi connectivity index (χ2n) is 5.78. The van der Waals surface area contributed by atoms with Crippen molar-refractivity contribution in [1.82, 2.24) is 14.9 Å². The molecule has 0 bridgehead atoms. The van der Waals surface area contributed by atoms with E-state index in [1.165, 1.54) is 5.56 Å². The molecule has 4 N–H and O–H groups in total. The van der Waals surface area contributed by atoms with Gasteiger partial charge in [0.25, 0.3) is 0 Å². The maximum Gasteiger partial charge on any atom is 0.222 e. The van der Waals surface area contributed by atoms with E-state index in [0.29, 0.717) is 5.69 Å². The molecule has 0 aliphatic heterocycles. The largest absolute Gasteiger partial charge is 0.382 e. The van der Waals surface area contributed by atoms with Gasteiger partial charge in [-0.15, -0.1) is 0 Å². The average molecular weight is 324 g/mol. The van der Waals surface area contributed by atoms with Gasteiger partial charge in [-0.25, -0.2) is 4.98 Å². The van der Waals surface area contributed by atoms with Crippen LogP contribution in [0.3, 0.4) is 0 Å². The van der Waals surface area contributed by atoms with Gasteiger partial charge in [-0.2, -0.15) is 10.2 Å². The van der Waals surface area contributed by atoms with Crippen LogP contribution < -0.4 is 11.5 Å². The van der Waals surface area contributed by atoms with E-state index >= 15 is 0 Å². The van der Waals surface area contributed by atoms with Gasteiger partial charge >= 0.3 is 0 Å². The Morgan fingerprint density at radius 1 is 1.12 bits per heavy atom. The number of nitrogens with two attached hydrogens (primary N) is 2. The number of aromatic nitrogens is 2. The summed E-state index contributed by atoms with van der Waals surface area (Å²) in [5.41, 5.74) is 14.3. The van der Waals surface area contributed by atoms with E-state index in [0.717, 1.165) is 38.0 Å². The zero-order chi connectivity index (χ0) is 17.5. The molecule has 0 saturated heterocycles. The number of benzene rings is 1. The molecule has 2 aromatic rings. The lowest BCUT2D eigenvalue weighted by molar-refractivity contribution is 0.266. The molecule has 0 aliphatic rings. The Balaban J connectivity index is 2.36. The van der Waals surface area contributed by atoms with Crippen molar-refractivity contribution in [2.45, 2.75) is 33.2 Å². The molecule has 0 radical (unpaired) electrons. The van der Waals surface area contributed by atoms with Crippen LogP contribution >= 0.6 is 0 Å². The number of hydrogen-bond donors (Lipinski definition) is 2. The number of nitrogen functional groups attached to an aromatic ring is 2. The molecule has 0 aliphatic carbocycles. The molecule has 6 heteroatoms. The second kappa shape index (κ2) is 8.27. The first kappa shape index (κ1) is 17.7. The summed E-state index contributed by atoms with van der Waals surface area (Å²) < 4.78 is 0. The van der Waals surface area contributed by atoms with Gasteiger partial charge in [0.05, 0.1) is 5.69 Å². The maximum atomic E-state index is 9.35. The molecular formula is C18H24N6. The Morgan fingerprint density at radius 3 is 2.46 bits per heavy atom. The van der Waals surface area contributed by atoms with Crippen molar-refractivity contribution in [3.8, 4) is 17.3 Å². The molecular weight excluding hydrogens is 300 g/mol. The van der Waals surface area contributed by atoms with Crippen LogP contribution in [-0.4, -0.2) is 28.0 Å². The van der Waals surface area contributed by atoms with Gasteiger partial charge in [0.15, 0.2) is 0 Å². The lowest BCUT2D eigenvalue weighted by Gasteiger charge is -2.21. The Labute approximate surface area is 143 Å². The molecule has 1 heterocycles. The predicted molar refractivity (Wildman–Crippen MR) is 96.9 cm³/mol. The average Bonchev–Trinajstić information content (AvgIpc) is 2.55. The summed E-state index contributed by atoms with van der Waals surface area (Å²) in [7, 11) is 0. The van der Waals surface area contributed by atoms with E-state index in [9.17, 15) is 5.26 Å². The van der Waals surface area contributed by atoms with Crippen LogP contribution in [0.4, 0.5) is 11.8 Å². The van der Waals surface area contributed by atoms with Crippen LogP contribution in [0, 0.1) is 11.3 Å². The molecule has 0 spiro atoms. The lowest BCUT2D eigenvalue weighted by Crippen LogP contribution is -2.24. The molecule has 0 amide bonds. The monoisotopic (exact) mass is 324 g/mol. The minimum atomic E-state index is 0.0745. The fraction of sp³-hybridized carbons (Fsp3) is 0.389. The first-order valence-corrected chi connectivity index (χ1v) is 8.23. The molecule has 2 rings (SSSR count). The molecule has 0 fully saturated rings. The van der Waals surface area contributed by atoms with Crippen molar-refractivity contribution in [3.05, 3.63) is 35.4 Å². The highest BCUT2D eigenvalue weighted by molar-refractivity contribution is 5.73. The van der Waals surface area contributed by atoms with Gasteiger partial charge in [-0.05, 0) is 37.6 Å². The van der Waals surface area contributed by atoms with Crippen LogP contribution in [-0.2, 0) is 6.54 Å². The summed E-state index contributed by atoms with van der Waals surface area (Å²) in [5.74, 6) is 0.189. The fourth-order valence-electron chi connectivity index (χ4n) is 2.79. The first-order chi connectivity index (χ1) is 11.6. The molecule has 0 atom stereocenters. The van der Waals surface area contributed by atoms with Crippen molar-refractivity contribution in [3.63, 3.8) is 0 Å². The Bertz CT molecular complexity index is 729. The number of nitriles is 1. The van der Waals surface area contributed by atoms with E-state index in [2.05, 4.69) is 40.9 Å². The second-order valence-corrected chi connectivity index (χ2v) is 5.78. The van der Waals surface area contributed by atoms with E-state index in [1.807, 2.05) is 18.2 Å². The predicted octanol–water partition coefficient (Wildman–Crippen LogP) is 2.80. The van der Waals surface area contributed by atoms with Crippen LogP contribution in [0.25, 0.3) is 11.3 Å². The zero-order valence-electron chi connectivity index (χ0n) is 14.3. The van der Waals surface area contributed by atoms with Crippen molar-refractivity contribution in [2.75, 3.05) is 24.6 Å². The van der Waals surface area contributed by atoms with Crippen molar-refractivity contribution >= 4 is 11.8 Å². The Kier molecular flexibility index (Phi) is 6.10. The topological polar surface area (TPSA) is 105 Å². The summed E-state index contributed by atoms with van der Waals surface area (Å²) in [6.07, 6.45) is 2.24. The van der Waals surface area contributed by atoms with E-state index < -0.39 is 0 Å². The summed E-state index contributed by atoms with van der Waals surface area (Å²) in [6, 6.07) is 10.1. The highest BCUT2D eigenvalue weighted by Gasteiger charge is 2.14. The van der Waals surface area contributed by atoms with E-state index in [1.54, 1.807) is 0 Å². The number of rotatable bonds is 7. The summed E-state index contributed by atoms with van der Waals surface area (Å²) in [6.45, 7) is 7.37. The van der Waals surface area contributed by atoms with Gasteiger partial charge in [0.1, 0.15) is 17.5 Å². The Hall–Kier alpha value is -2.65. The third-order valence-electron chi connectivity index (χ3n) is 3.75. The SMILES string of the molecule is CCCN(CCC)Cc1cccc(-c2nc(N)nc(N)c2C#N)c1. The molecule has 1 aromatic carbocycles. The van der Waals surface area contributed by atoms with E-state index in [4.69, 9.17) is 11.5 Å². The smallest absolute Gasteiger partial charge is 0.222 e. The van der Waals surface area contributed by atoms with Crippen LogP contribution in [0.15, 0.2) is 24.3 Å². The number of anilines is 2. The molecule has 24 heavy (non-hydrogen) atoms. The molecule has 6 nitrogen and oxygen atoms in total. The van der Waals surface area contributed by atoms with Crippen molar-refractivity contribution < 1.29 is 0 Å². The zero-order valence-corrected chi connectivity index (χ0v) is 14.3. The maximum absolute atomic E-state index is 9.35. The summed E-state index contributed by atoms with van der Waals surface area (Å²) in [4.78, 5) is 10.5. The molecule has 126 valence electrons. The third kappa shape index (κ3) is 4.21. The van der Waals surface area contributed by atoms with Gasteiger partial charge in [-0.3, -0.25) is 4.90 Å². The van der Waals surface area contributed by atoms with Crippen molar-refractivity contribution in [1.29, 1.82) is 5.26 Å². The highest BCUT2D eigenvalue weighted by Crippen LogP contribution is 2.26. The normalized spacial score (nSPS) is 10.8. The molecule has 0 unspecified atom stereocenters. The molecule has 1 aromatic heterocycles. The van der Waals surface area contributed by atoms with Gasteiger partial charge in [-0.1, -0.05) is 32.0 Å². The fourth-order valence-corrected chi connectivity index (χ4v) is 2.79. The highest BCUT2D eigenvalue weighted by atomic mass is 15.1. The minimum Gasteiger partial charge on any atom is -0.382 e. The first-order valence-electron chi connectivity index (χ1n) is 8.23. The number of nitrogens with zero attached hydrogens (tertiary/aromatic N) is 4. The van der Waals surface area contributed by atoms with Crippen LogP contribution in [0.1, 0.15) is 37.8 Å². The van der Waals surface area contributed by atoms with Gasteiger partial charge in [0.2, 0.25) is 5.95 Å². The number of hydrogen-bond acceptors (Lipinski definition) is 6. The lowest BCUT2D eigenvalue weighted by atomic mass is 10.0. The van der Waals surface area contributed by atoms with Crippen molar-refractivity contribution in [2.24, 2.45) is 0 Å². The third-order valence-corrected chi connectivity index (χ3v) is 3.75. The van der Waals surface area contributed by atoms with Gasteiger partial charge in [0, 0.05) is 12.1 Å². The van der Waals surface area contributed by atoms with Crippen LogP contribution in [0.2, 0.25) is 0 Å². The van der Waals surface area contributed by atoms with E-state index in [-0.39, 0.29) is 17.3 Å². The minimum absolute atomic E-state index is 0.0745. The van der Waals surface area contributed by atoms with Crippen LogP contribution in [0.5, 0.6) is 0 Å². The standard InChI is InChI=1S/C18H24N6/c1-3-8-24(9-4-2)12-13-6-5-7-14(10-13)16-15(11-19)17(20)23-18(21)22-16/h5-7,10H,3-4,8-9,12H2,1-2H3,(H4,20,21,22,23). The summed E-state index contributed by atoms with van der Waals surface area (Å²) >= 11 is 0. The van der Waals surface area contributed by atoms with Gasteiger partial charge < -0.3 is 11.5 Å². The Morgan fingerprint density at radius 2 is 1.83 bits per heavy atom. The quantitative estimate of drug-likeness (QED) is 0.811. The molecule has 0 saturated carbocycles.